The summed E-state index contributed by atoms with van der Waals surface area (Å²) in [6.45, 7) is 5.88. The lowest BCUT2D eigenvalue weighted by atomic mass is 10.1. The van der Waals surface area contributed by atoms with Crippen molar-refractivity contribution in [2.75, 3.05) is 18.8 Å². The Morgan fingerprint density at radius 3 is 2.64 bits per heavy atom. The first-order chi connectivity index (χ1) is 15.5. The SMILES string of the molecule is CC(C)(C)OC(=O)N1CCC(Oc2cccc(F)c2-n2c(N)c3c(cc2=O)C(=O)NC3=O)C1. The first-order valence-corrected chi connectivity index (χ1v) is 10.3. The van der Waals surface area contributed by atoms with Crippen LogP contribution in [0.5, 0.6) is 5.75 Å². The third-order valence-electron chi connectivity index (χ3n) is 5.22. The van der Waals surface area contributed by atoms with Crippen molar-refractivity contribution in [3.05, 3.63) is 51.6 Å². The molecule has 1 aromatic heterocycles. The Balaban J connectivity index is 1.66. The normalized spacial score (nSPS) is 17.7. The molecule has 1 saturated heterocycles. The molecule has 4 rings (SSSR count). The Hall–Kier alpha value is -3.89. The van der Waals surface area contributed by atoms with Crippen LogP contribution in [0, 0.1) is 5.82 Å². The van der Waals surface area contributed by atoms with Gasteiger partial charge in [-0.1, -0.05) is 6.07 Å². The van der Waals surface area contributed by atoms with Crippen LogP contribution < -0.4 is 21.3 Å². The zero-order valence-corrected chi connectivity index (χ0v) is 18.3. The second-order valence-electron chi connectivity index (χ2n) is 8.82. The highest BCUT2D eigenvalue weighted by atomic mass is 19.1. The summed E-state index contributed by atoms with van der Waals surface area (Å²) in [7, 11) is 0. The number of imide groups is 1. The van der Waals surface area contributed by atoms with Crippen molar-refractivity contribution in [1.29, 1.82) is 0 Å². The average Bonchev–Trinajstić information content (AvgIpc) is 3.27. The fourth-order valence-corrected chi connectivity index (χ4v) is 3.81. The van der Waals surface area contributed by atoms with Gasteiger partial charge in [-0.3, -0.25) is 24.3 Å². The van der Waals surface area contributed by atoms with E-state index in [9.17, 15) is 23.6 Å². The number of nitrogens with zero attached hydrogens (tertiary/aromatic N) is 2. The molecule has 33 heavy (non-hydrogen) atoms. The highest BCUT2D eigenvalue weighted by molar-refractivity contribution is 6.23. The van der Waals surface area contributed by atoms with Gasteiger partial charge in [0.2, 0.25) is 0 Å². The summed E-state index contributed by atoms with van der Waals surface area (Å²) in [5, 5.41) is 2.06. The summed E-state index contributed by atoms with van der Waals surface area (Å²) in [5.74, 6) is -2.71. The summed E-state index contributed by atoms with van der Waals surface area (Å²) in [6, 6.07) is 4.91. The zero-order valence-electron chi connectivity index (χ0n) is 18.3. The molecule has 0 aliphatic carbocycles. The van der Waals surface area contributed by atoms with E-state index in [1.807, 2.05) is 0 Å². The number of hydrogen-bond donors (Lipinski definition) is 2. The highest BCUT2D eigenvalue weighted by Gasteiger charge is 2.34. The number of rotatable bonds is 3. The van der Waals surface area contributed by atoms with Gasteiger partial charge in [-0.2, -0.15) is 0 Å². The number of fused-ring (bicyclic) bond motifs is 1. The van der Waals surface area contributed by atoms with Gasteiger partial charge in [0, 0.05) is 19.0 Å². The molecular formula is C22H23FN4O6. The second-order valence-corrected chi connectivity index (χ2v) is 8.82. The molecule has 11 heteroatoms. The van der Waals surface area contributed by atoms with Crippen molar-refractivity contribution >= 4 is 23.7 Å². The first-order valence-electron chi connectivity index (χ1n) is 10.3. The molecule has 174 valence electrons. The van der Waals surface area contributed by atoms with Crippen LogP contribution in [0.1, 0.15) is 47.9 Å². The second kappa shape index (κ2) is 7.91. The van der Waals surface area contributed by atoms with Gasteiger partial charge >= 0.3 is 6.09 Å². The number of pyridine rings is 1. The molecule has 3 amide bonds. The molecule has 1 atom stereocenters. The number of carbonyl (C=O) groups is 3. The Morgan fingerprint density at radius 1 is 1.21 bits per heavy atom. The molecule has 2 aromatic rings. The maximum Gasteiger partial charge on any atom is 0.410 e. The van der Waals surface area contributed by atoms with E-state index in [1.54, 1.807) is 20.8 Å². The summed E-state index contributed by atoms with van der Waals surface area (Å²) >= 11 is 0. The lowest BCUT2D eigenvalue weighted by molar-refractivity contribution is 0.0275. The summed E-state index contributed by atoms with van der Waals surface area (Å²) in [5.41, 5.74) is 3.94. The number of aromatic nitrogens is 1. The molecule has 1 unspecified atom stereocenters. The Morgan fingerprint density at radius 2 is 1.94 bits per heavy atom. The van der Waals surface area contributed by atoms with Gasteiger partial charge in [0.25, 0.3) is 17.4 Å². The fourth-order valence-electron chi connectivity index (χ4n) is 3.81. The predicted octanol–water partition coefficient (Wildman–Crippen LogP) is 1.83. The van der Waals surface area contributed by atoms with E-state index in [2.05, 4.69) is 5.32 Å². The van der Waals surface area contributed by atoms with E-state index >= 15 is 0 Å². The minimum absolute atomic E-state index is 0.00419. The van der Waals surface area contributed by atoms with Gasteiger partial charge in [0.15, 0.2) is 5.82 Å². The summed E-state index contributed by atoms with van der Waals surface area (Å²) in [6.07, 6.45) is -0.516. The number of likely N-dealkylation sites (tertiary alicyclic amines) is 1. The van der Waals surface area contributed by atoms with E-state index in [1.165, 1.54) is 17.0 Å². The molecule has 3 heterocycles. The fraction of sp³-hybridized carbons (Fsp3) is 0.364. The molecule has 0 bridgehead atoms. The number of ether oxygens (including phenoxy) is 2. The number of para-hydroxylation sites is 1. The van der Waals surface area contributed by atoms with Crippen molar-refractivity contribution in [2.24, 2.45) is 0 Å². The molecule has 2 aliphatic heterocycles. The Kier molecular flexibility index (Phi) is 5.35. The maximum atomic E-state index is 14.9. The molecule has 0 saturated carbocycles. The highest BCUT2D eigenvalue weighted by Crippen LogP contribution is 2.31. The van der Waals surface area contributed by atoms with Crippen molar-refractivity contribution in [3.63, 3.8) is 0 Å². The number of anilines is 1. The minimum atomic E-state index is -0.812. The van der Waals surface area contributed by atoms with Crippen LogP contribution in [0.15, 0.2) is 29.1 Å². The first kappa shape index (κ1) is 22.3. The smallest absolute Gasteiger partial charge is 0.410 e. The largest absolute Gasteiger partial charge is 0.486 e. The van der Waals surface area contributed by atoms with Crippen LogP contribution in [0.4, 0.5) is 15.0 Å². The third-order valence-corrected chi connectivity index (χ3v) is 5.22. The number of amides is 3. The summed E-state index contributed by atoms with van der Waals surface area (Å²) < 4.78 is 27.1. The van der Waals surface area contributed by atoms with Crippen LogP contribution in [0.3, 0.4) is 0 Å². The van der Waals surface area contributed by atoms with Gasteiger partial charge in [-0.15, -0.1) is 0 Å². The number of nitrogen functional groups attached to an aromatic ring is 1. The van der Waals surface area contributed by atoms with Crippen LogP contribution >= 0.6 is 0 Å². The molecule has 1 fully saturated rings. The van der Waals surface area contributed by atoms with Crippen molar-refractivity contribution in [2.45, 2.75) is 38.9 Å². The third kappa shape index (κ3) is 4.13. The van der Waals surface area contributed by atoms with Crippen molar-refractivity contribution in [3.8, 4) is 11.4 Å². The molecule has 2 aliphatic rings. The minimum Gasteiger partial charge on any atom is -0.486 e. The average molecular weight is 458 g/mol. The van der Waals surface area contributed by atoms with Crippen LogP contribution in [0.2, 0.25) is 0 Å². The number of halogens is 1. The standard InChI is InChI=1S/C22H23FN4O6/c1-22(2,3)33-21(31)26-8-7-11(10-26)32-14-6-4-5-13(23)17(14)27-15(28)9-12-16(18(27)24)20(30)25-19(12)29/h4-6,9,11H,7-8,10,24H2,1-3H3,(H,25,29,30). The van der Waals surface area contributed by atoms with Gasteiger partial charge in [-0.05, 0) is 32.9 Å². The Bertz CT molecular complexity index is 1230. The molecule has 10 nitrogen and oxygen atoms in total. The molecular weight excluding hydrogens is 435 g/mol. The van der Waals surface area contributed by atoms with E-state index in [0.29, 0.717) is 13.0 Å². The van der Waals surface area contributed by atoms with Crippen molar-refractivity contribution < 1.29 is 28.2 Å². The van der Waals surface area contributed by atoms with Crippen molar-refractivity contribution in [1.82, 2.24) is 14.8 Å². The van der Waals surface area contributed by atoms with Crippen LogP contribution in [-0.4, -0.2) is 52.2 Å². The van der Waals surface area contributed by atoms with Crippen LogP contribution in [-0.2, 0) is 4.74 Å². The Labute approximate surface area is 188 Å². The van der Waals surface area contributed by atoms with Crippen LogP contribution in [0.25, 0.3) is 5.69 Å². The van der Waals surface area contributed by atoms with Gasteiger partial charge < -0.3 is 20.1 Å². The number of nitrogens with one attached hydrogen (secondary N) is 1. The quantitative estimate of drug-likeness (QED) is 0.671. The zero-order chi connectivity index (χ0) is 24.1. The topological polar surface area (TPSA) is 133 Å². The predicted molar refractivity (Wildman–Crippen MR) is 115 cm³/mol. The van der Waals surface area contributed by atoms with Gasteiger partial charge in [-0.25, -0.2) is 9.18 Å². The van der Waals surface area contributed by atoms with Gasteiger partial charge in [0.1, 0.15) is 29.0 Å². The van der Waals surface area contributed by atoms with E-state index in [-0.39, 0.29) is 34.9 Å². The number of benzene rings is 1. The maximum absolute atomic E-state index is 14.9. The lowest BCUT2D eigenvalue weighted by Crippen LogP contribution is -2.36. The number of nitrogens with two attached hydrogens (primary N) is 1. The molecule has 1 aromatic carbocycles. The number of hydrogen-bond acceptors (Lipinski definition) is 7. The van der Waals surface area contributed by atoms with E-state index in [4.69, 9.17) is 15.2 Å². The van der Waals surface area contributed by atoms with E-state index < -0.39 is 41.0 Å². The molecule has 0 radical (unpaired) electrons. The number of carbonyl (C=O) groups excluding carboxylic acids is 3. The van der Waals surface area contributed by atoms with Gasteiger partial charge in [0.05, 0.1) is 17.7 Å². The van der Waals surface area contributed by atoms with E-state index in [0.717, 1.165) is 16.7 Å². The molecule has 0 spiro atoms. The summed E-state index contributed by atoms with van der Waals surface area (Å²) in [4.78, 5) is 50.6. The molecule has 3 N–H and O–H groups in total. The lowest BCUT2D eigenvalue weighted by Gasteiger charge is -2.24. The monoisotopic (exact) mass is 458 g/mol.